The van der Waals surface area contributed by atoms with Crippen LogP contribution in [-0.2, 0) is 0 Å². The molecular weight excluding hydrogens is 569 g/mol. The zero-order chi connectivity index (χ0) is 30.9. The summed E-state index contributed by atoms with van der Waals surface area (Å²) in [5.41, 5.74) is 9.33. The normalized spacial score (nSPS) is 11.8. The molecule has 0 bridgehead atoms. The van der Waals surface area contributed by atoms with E-state index in [-0.39, 0.29) is 0 Å². The van der Waals surface area contributed by atoms with Gasteiger partial charge in [0.25, 0.3) is 0 Å². The summed E-state index contributed by atoms with van der Waals surface area (Å²) in [5.74, 6) is 0. The summed E-state index contributed by atoms with van der Waals surface area (Å²) in [6.45, 7) is 0. The van der Waals surface area contributed by atoms with Crippen molar-refractivity contribution in [2.24, 2.45) is 0 Å². The average molecular weight is 597 g/mol. The molecule has 0 spiro atoms. The Labute approximate surface area is 271 Å². The van der Waals surface area contributed by atoms with Gasteiger partial charge in [-0.15, -0.1) is 0 Å². The standard InChI is InChI=1S/C46H28O/c1-2-14-32-29(12-1)13-11-22-35(32)45-38-19-6-4-17-36(38)44(37-18-5-7-20-39(37)45)31-26-24-30(25-27-31)41-28-42-34-16-9-10-23-43(34)47-46(42)40-21-8-3-15-33(40)41/h1-28H. The summed E-state index contributed by atoms with van der Waals surface area (Å²) in [4.78, 5) is 0. The molecule has 1 nitrogen and oxygen atoms in total. The van der Waals surface area contributed by atoms with Crippen molar-refractivity contribution in [3.63, 3.8) is 0 Å². The molecular formula is C46H28O. The zero-order valence-corrected chi connectivity index (χ0v) is 25.6. The second kappa shape index (κ2) is 10.2. The fourth-order valence-corrected chi connectivity index (χ4v) is 7.78. The van der Waals surface area contributed by atoms with E-state index in [1.807, 2.05) is 6.07 Å². The molecule has 10 aromatic rings. The van der Waals surface area contributed by atoms with Crippen LogP contribution in [0.1, 0.15) is 0 Å². The highest BCUT2D eigenvalue weighted by Gasteiger charge is 2.19. The Morgan fingerprint density at radius 3 is 1.51 bits per heavy atom. The Morgan fingerprint density at radius 2 is 0.809 bits per heavy atom. The first-order valence-electron chi connectivity index (χ1n) is 16.2. The first-order chi connectivity index (χ1) is 23.3. The van der Waals surface area contributed by atoms with E-state index in [9.17, 15) is 0 Å². The predicted molar refractivity (Wildman–Crippen MR) is 200 cm³/mol. The number of hydrogen-bond acceptors (Lipinski definition) is 1. The number of rotatable bonds is 3. The maximum atomic E-state index is 6.38. The molecule has 0 aliphatic carbocycles. The quantitative estimate of drug-likeness (QED) is 0.185. The molecule has 0 atom stereocenters. The van der Waals surface area contributed by atoms with Gasteiger partial charge in [-0.1, -0.05) is 158 Å². The maximum Gasteiger partial charge on any atom is 0.143 e. The van der Waals surface area contributed by atoms with Crippen molar-refractivity contribution in [3.05, 3.63) is 170 Å². The summed E-state index contributed by atoms with van der Waals surface area (Å²) in [7, 11) is 0. The predicted octanol–water partition coefficient (Wildman–Crippen LogP) is 13.2. The van der Waals surface area contributed by atoms with Crippen LogP contribution in [0.2, 0.25) is 0 Å². The molecule has 1 aromatic heterocycles. The molecule has 47 heavy (non-hydrogen) atoms. The highest BCUT2D eigenvalue weighted by atomic mass is 16.3. The van der Waals surface area contributed by atoms with Gasteiger partial charge in [0.05, 0.1) is 0 Å². The molecule has 1 heteroatoms. The molecule has 0 saturated carbocycles. The van der Waals surface area contributed by atoms with Crippen LogP contribution in [0.25, 0.3) is 98.4 Å². The average Bonchev–Trinajstić information content (AvgIpc) is 3.52. The van der Waals surface area contributed by atoms with Gasteiger partial charge in [0.15, 0.2) is 0 Å². The SMILES string of the molecule is c1ccc2c(-c3c4ccccc4c(-c4ccc(-c5cc6c7ccccc7oc6c6ccccc56)cc4)c4ccccc34)cccc2c1. The number of para-hydroxylation sites is 1. The summed E-state index contributed by atoms with van der Waals surface area (Å²) in [6, 6.07) is 61.6. The number of furan rings is 1. The lowest BCUT2D eigenvalue weighted by Crippen LogP contribution is -1.91. The van der Waals surface area contributed by atoms with E-state index in [1.54, 1.807) is 0 Å². The van der Waals surface area contributed by atoms with E-state index >= 15 is 0 Å². The number of fused-ring (bicyclic) bond motifs is 8. The van der Waals surface area contributed by atoms with E-state index in [2.05, 4.69) is 164 Å². The van der Waals surface area contributed by atoms with Crippen molar-refractivity contribution in [1.29, 1.82) is 0 Å². The van der Waals surface area contributed by atoms with Crippen molar-refractivity contribution >= 4 is 65.0 Å². The van der Waals surface area contributed by atoms with Gasteiger partial charge in [-0.2, -0.15) is 0 Å². The largest absolute Gasteiger partial charge is 0.455 e. The van der Waals surface area contributed by atoms with Crippen LogP contribution in [0.3, 0.4) is 0 Å². The summed E-state index contributed by atoms with van der Waals surface area (Å²) in [6.07, 6.45) is 0. The van der Waals surface area contributed by atoms with E-state index < -0.39 is 0 Å². The van der Waals surface area contributed by atoms with Gasteiger partial charge < -0.3 is 4.42 Å². The van der Waals surface area contributed by atoms with Crippen LogP contribution in [0.4, 0.5) is 0 Å². The molecule has 0 N–H and O–H groups in total. The molecule has 0 unspecified atom stereocenters. The number of hydrogen-bond donors (Lipinski definition) is 0. The van der Waals surface area contributed by atoms with Crippen molar-refractivity contribution in [2.45, 2.75) is 0 Å². The smallest absolute Gasteiger partial charge is 0.143 e. The lowest BCUT2D eigenvalue weighted by atomic mass is 9.84. The first kappa shape index (κ1) is 26.1. The second-order valence-electron chi connectivity index (χ2n) is 12.4. The number of benzene rings is 9. The molecule has 0 saturated heterocycles. The van der Waals surface area contributed by atoms with Crippen LogP contribution < -0.4 is 0 Å². The highest BCUT2D eigenvalue weighted by Crippen LogP contribution is 2.46. The van der Waals surface area contributed by atoms with Gasteiger partial charge in [-0.3, -0.25) is 0 Å². The molecule has 10 rings (SSSR count). The monoisotopic (exact) mass is 596 g/mol. The van der Waals surface area contributed by atoms with Gasteiger partial charge in [0, 0.05) is 16.2 Å². The molecule has 1 heterocycles. The molecule has 0 radical (unpaired) electrons. The van der Waals surface area contributed by atoms with Crippen molar-refractivity contribution in [2.75, 3.05) is 0 Å². The molecule has 0 amide bonds. The van der Waals surface area contributed by atoms with E-state index in [0.29, 0.717) is 0 Å². The zero-order valence-electron chi connectivity index (χ0n) is 25.6. The van der Waals surface area contributed by atoms with Gasteiger partial charge in [0.2, 0.25) is 0 Å². The van der Waals surface area contributed by atoms with Gasteiger partial charge in [0.1, 0.15) is 11.2 Å². The Kier molecular flexibility index (Phi) is 5.64. The van der Waals surface area contributed by atoms with Crippen LogP contribution >= 0.6 is 0 Å². The van der Waals surface area contributed by atoms with Crippen LogP contribution in [0.15, 0.2) is 174 Å². The molecule has 0 aliphatic rings. The minimum Gasteiger partial charge on any atom is -0.455 e. The van der Waals surface area contributed by atoms with Crippen molar-refractivity contribution in [3.8, 4) is 33.4 Å². The summed E-state index contributed by atoms with van der Waals surface area (Å²) >= 11 is 0. The van der Waals surface area contributed by atoms with Crippen LogP contribution in [-0.4, -0.2) is 0 Å². The van der Waals surface area contributed by atoms with Gasteiger partial charge >= 0.3 is 0 Å². The Balaban J connectivity index is 1.21. The van der Waals surface area contributed by atoms with Gasteiger partial charge in [-0.25, -0.2) is 0 Å². The van der Waals surface area contributed by atoms with Gasteiger partial charge in [-0.05, 0) is 83.2 Å². The highest BCUT2D eigenvalue weighted by molar-refractivity contribution is 6.24. The van der Waals surface area contributed by atoms with E-state index in [4.69, 9.17) is 4.42 Å². The minimum absolute atomic E-state index is 0.922. The lowest BCUT2D eigenvalue weighted by molar-refractivity contribution is 0.672. The molecule has 218 valence electrons. The fraction of sp³-hybridized carbons (Fsp3) is 0. The Hall–Kier alpha value is -6.18. The third-order valence-electron chi connectivity index (χ3n) is 9.86. The second-order valence-corrected chi connectivity index (χ2v) is 12.4. The topological polar surface area (TPSA) is 13.1 Å². The third-order valence-corrected chi connectivity index (χ3v) is 9.86. The fourth-order valence-electron chi connectivity index (χ4n) is 7.78. The molecule has 0 fully saturated rings. The maximum absolute atomic E-state index is 6.38. The van der Waals surface area contributed by atoms with E-state index in [0.717, 1.165) is 27.3 Å². The lowest BCUT2D eigenvalue weighted by Gasteiger charge is -2.19. The minimum atomic E-state index is 0.922. The summed E-state index contributed by atoms with van der Waals surface area (Å²) in [5, 5.41) is 12.2. The Bertz CT molecular complexity index is 2770. The van der Waals surface area contributed by atoms with E-state index in [1.165, 1.54) is 71.1 Å². The van der Waals surface area contributed by atoms with Crippen molar-refractivity contribution in [1.82, 2.24) is 0 Å². The summed E-state index contributed by atoms with van der Waals surface area (Å²) < 4.78 is 6.38. The molecule has 0 aliphatic heterocycles. The van der Waals surface area contributed by atoms with Crippen LogP contribution in [0.5, 0.6) is 0 Å². The first-order valence-corrected chi connectivity index (χ1v) is 16.2. The van der Waals surface area contributed by atoms with Crippen LogP contribution in [0, 0.1) is 0 Å². The van der Waals surface area contributed by atoms with Crippen molar-refractivity contribution < 1.29 is 4.42 Å². The Morgan fingerprint density at radius 1 is 0.298 bits per heavy atom. The third kappa shape index (κ3) is 3.90. The molecule has 9 aromatic carbocycles.